The molecule has 0 saturated carbocycles. The van der Waals surface area contributed by atoms with Crippen molar-refractivity contribution in [2.45, 2.75) is 87.3 Å². The van der Waals surface area contributed by atoms with Gasteiger partial charge in [0.1, 0.15) is 65.7 Å². The highest BCUT2D eigenvalue weighted by molar-refractivity contribution is 6.31. The van der Waals surface area contributed by atoms with E-state index in [0.717, 1.165) is 23.1 Å². The number of carboxylic acid groups (broad SMARTS) is 1. The SMILES string of the molecule is COc1cc(O)c2c(c1)C(=O)c1c(cc3c(c1O)-c1c(cc(C)c(C(=O)N[C@H](CO)C(=O)O)c1O)[C@H](O[C@@H]1O[C@H](C)[C@H](N(C)C=O)[C@H](O[C@@H]4OC[C@@H](O)[C@H](O)[C@H]4O)[C@H]1O)[C@H]3O)C2=O. The molecule has 0 spiro atoms. The van der Waals surface area contributed by atoms with Crippen molar-refractivity contribution in [2.24, 2.45) is 0 Å². The third kappa shape index (κ3) is 7.42. The summed E-state index contributed by atoms with van der Waals surface area (Å²) in [6.07, 6.45) is -16.5. The molecule has 2 aliphatic carbocycles. The zero-order chi connectivity index (χ0) is 46.1. The third-order valence-electron chi connectivity index (χ3n) is 11.7. The maximum absolute atomic E-state index is 14.1. The fourth-order valence-corrected chi connectivity index (χ4v) is 8.60. The van der Waals surface area contributed by atoms with Crippen molar-refractivity contribution in [1.82, 2.24) is 10.2 Å². The molecule has 63 heavy (non-hydrogen) atoms. The van der Waals surface area contributed by atoms with E-state index in [2.05, 4.69) is 5.32 Å². The molecule has 11 N–H and O–H groups in total. The largest absolute Gasteiger partial charge is 0.507 e. The Morgan fingerprint density at radius 1 is 0.889 bits per heavy atom. The molecule has 0 bridgehead atoms. The van der Waals surface area contributed by atoms with Gasteiger partial charge in [-0.3, -0.25) is 19.2 Å². The minimum absolute atomic E-state index is 0.0163. The van der Waals surface area contributed by atoms with Crippen LogP contribution in [-0.2, 0) is 28.5 Å². The summed E-state index contributed by atoms with van der Waals surface area (Å²) in [4.78, 5) is 66.6. The summed E-state index contributed by atoms with van der Waals surface area (Å²) in [6, 6.07) is 1.49. The molecule has 0 unspecified atom stereocenters. The predicted octanol–water partition coefficient (Wildman–Crippen LogP) is -1.77. The number of fused-ring (bicyclic) bond motifs is 5. The standard InChI is InChI=1S/C41H44N2O20/c1-12-5-18-25(32(52)22(12)38(56)42-19(9-44)39(57)58)24-16(8-17-26(33(24)53)29(49)15-6-14(59-4)7-20(46)23(15)28(17)48)30(50)36(18)62-41-35(55)37(27(13(2)61-41)43(3)11-45)63-40-34(54)31(51)21(47)10-60-40/h5-8,11,13,19,21,27,30-31,34-37,40-41,44,46-47,50-55H,9-10H2,1-4H3,(H,42,56)(H,57,58)/t13-,19-,21-,27+,30+,31+,34-,35-,36+,37+,40+,41+/m1/s1. The Kier molecular flexibility index (Phi) is 12.3. The van der Waals surface area contributed by atoms with E-state index >= 15 is 0 Å². The smallest absolute Gasteiger partial charge is 0.328 e. The van der Waals surface area contributed by atoms with Crippen molar-refractivity contribution in [3.8, 4) is 34.1 Å². The minimum atomic E-state index is -1.98. The number of carbonyl (C=O) groups excluding carboxylic acids is 4. The number of aliphatic carboxylic acids is 1. The van der Waals surface area contributed by atoms with Crippen LogP contribution in [0.2, 0.25) is 0 Å². The highest BCUT2D eigenvalue weighted by Crippen LogP contribution is 2.57. The molecular weight excluding hydrogens is 840 g/mol. The number of methoxy groups -OCH3 is 1. The molecule has 2 fully saturated rings. The lowest BCUT2D eigenvalue weighted by atomic mass is 9.74. The summed E-state index contributed by atoms with van der Waals surface area (Å²) in [5.74, 6) is -7.37. The Balaban J connectivity index is 1.38. The molecule has 2 aliphatic heterocycles. The highest BCUT2D eigenvalue weighted by atomic mass is 16.7. The normalized spacial score (nSPS) is 29.1. The molecule has 338 valence electrons. The van der Waals surface area contributed by atoms with E-state index in [0.29, 0.717) is 6.41 Å². The van der Waals surface area contributed by atoms with E-state index in [1.54, 1.807) is 0 Å². The number of phenolic OH excluding ortho intramolecular Hbond substituents is 3. The Morgan fingerprint density at radius 2 is 1.54 bits per heavy atom. The molecule has 22 heteroatoms. The van der Waals surface area contributed by atoms with Crippen LogP contribution in [0.25, 0.3) is 11.1 Å². The summed E-state index contributed by atoms with van der Waals surface area (Å²) in [5, 5.41) is 111. The lowest BCUT2D eigenvalue weighted by Crippen LogP contribution is -2.65. The van der Waals surface area contributed by atoms with Crippen LogP contribution < -0.4 is 10.1 Å². The summed E-state index contributed by atoms with van der Waals surface area (Å²) in [6.45, 7) is 1.24. The Morgan fingerprint density at radius 3 is 2.17 bits per heavy atom. The van der Waals surface area contributed by atoms with Gasteiger partial charge < -0.3 is 85.0 Å². The van der Waals surface area contributed by atoms with Gasteiger partial charge in [0.05, 0.1) is 49.2 Å². The second kappa shape index (κ2) is 17.1. The zero-order valence-corrected chi connectivity index (χ0v) is 33.7. The van der Waals surface area contributed by atoms with Crippen molar-refractivity contribution in [3.05, 3.63) is 68.8 Å². The number of ether oxygens (including phenoxy) is 5. The van der Waals surface area contributed by atoms with Gasteiger partial charge in [-0.1, -0.05) is 6.07 Å². The van der Waals surface area contributed by atoms with Crippen LogP contribution >= 0.6 is 0 Å². The quantitative estimate of drug-likeness (QED) is 0.0743. The zero-order valence-electron chi connectivity index (χ0n) is 33.7. The number of aryl methyl sites for hydroxylation is 1. The van der Waals surface area contributed by atoms with Gasteiger partial charge in [0.15, 0.2) is 30.2 Å². The number of aromatic hydroxyl groups is 3. The van der Waals surface area contributed by atoms with Crippen LogP contribution in [0.4, 0.5) is 0 Å². The second-order valence-electron chi connectivity index (χ2n) is 15.6. The Bertz CT molecular complexity index is 2390. The minimum Gasteiger partial charge on any atom is -0.507 e. The van der Waals surface area contributed by atoms with Crippen LogP contribution in [0.1, 0.15) is 78.0 Å². The third-order valence-corrected chi connectivity index (χ3v) is 11.7. The predicted molar refractivity (Wildman–Crippen MR) is 207 cm³/mol. The van der Waals surface area contributed by atoms with E-state index in [9.17, 15) is 75.0 Å². The summed E-state index contributed by atoms with van der Waals surface area (Å²) in [7, 11) is 2.58. The molecular formula is C41H44N2O20. The average molecular weight is 885 g/mol. The monoisotopic (exact) mass is 884 g/mol. The van der Waals surface area contributed by atoms with Crippen LogP contribution in [0.3, 0.4) is 0 Å². The van der Waals surface area contributed by atoms with Gasteiger partial charge in [0.25, 0.3) is 5.91 Å². The van der Waals surface area contributed by atoms with Gasteiger partial charge in [-0.25, -0.2) is 4.79 Å². The van der Waals surface area contributed by atoms with Crippen molar-refractivity contribution in [1.29, 1.82) is 0 Å². The number of rotatable bonds is 11. The number of ketones is 2. The molecule has 3 aromatic carbocycles. The first-order valence-corrected chi connectivity index (χ1v) is 19.3. The molecule has 22 nitrogen and oxygen atoms in total. The van der Waals surface area contributed by atoms with Crippen molar-refractivity contribution in [2.75, 3.05) is 27.4 Å². The number of benzene rings is 3. The van der Waals surface area contributed by atoms with Gasteiger partial charge in [-0.05, 0) is 42.7 Å². The topological polar surface area (TPSA) is 349 Å². The first-order valence-electron chi connectivity index (χ1n) is 19.3. The summed E-state index contributed by atoms with van der Waals surface area (Å²) >= 11 is 0. The first kappa shape index (κ1) is 45.2. The molecule has 2 saturated heterocycles. The van der Waals surface area contributed by atoms with Gasteiger partial charge in [-0.15, -0.1) is 0 Å². The molecule has 0 radical (unpaired) electrons. The Hall–Kier alpha value is -5.79. The molecule has 2 amide bonds. The van der Waals surface area contributed by atoms with Gasteiger partial charge in [-0.2, -0.15) is 0 Å². The van der Waals surface area contributed by atoms with Gasteiger partial charge in [0.2, 0.25) is 6.41 Å². The molecule has 12 atom stereocenters. The lowest BCUT2D eigenvalue weighted by Gasteiger charge is -2.48. The maximum atomic E-state index is 14.1. The average Bonchev–Trinajstić information content (AvgIpc) is 3.24. The van der Waals surface area contributed by atoms with Crippen molar-refractivity contribution >= 4 is 29.9 Å². The number of likely N-dealkylation sites (N-methyl/N-ethyl adjacent to an activating group) is 1. The van der Waals surface area contributed by atoms with E-state index < -0.39 is 161 Å². The number of nitrogens with one attached hydrogen (secondary N) is 1. The maximum Gasteiger partial charge on any atom is 0.328 e. The first-order chi connectivity index (χ1) is 29.8. The number of amides is 2. The fourth-order valence-electron chi connectivity index (χ4n) is 8.60. The van der Waals surface area contributed by atoms with E-state index in [1.165, 1.54) is 34.1 Å². The second-order valence-corrected chi connectivity index (χ2v) is 15.6. The fraction of sp³-hybridized carbons (Fsp3) is 0.439. The van der Waals surface area contributed by atoms with Crippen molar-refractivity contribution < 1.29 is 98.7 Å². The number of aliphatic hydroxyl groups is 6. The number of carbonyl (C=O) groups is 5. The molecule has 4 aliphatic rings. The molecule has 2 heterocycles. The number of phenols is 3. The van der Waals surface area contributed by atoms with E-state index in [1.807, 2.05) is 0 Å². The molecule has 0 aromatic heterocycles. The van der Waals surface area contributed by atoms with Crippen molar-refractivity contribution in [3.63, 3.8) is 0 Å². The van der Waals surface area contributed by atoms with Gasteiger partial charge >= 0.3 is 5.97 Å². The van der Waals surface area contributed by atoms with E-state index in [4.69, 9.17) is 23.7 Å². The lowest BCUT2D eigenvalue weighted by molar-refractivity contribution is -0.344. The van der Waals surface area contributed by atoms with Crippen LogP contribution in [0, 0.1) is 6.92 Å². The summed E-state index contributed by atoms with van der Waals surface area (Å²) < 4.78 is 28.8. The number of hydrogen-bond acceptors (Lipinski definition) is 19. The number of hydrogen-bond donors (Lipinski definition) is 11. The van der Waals surface area contributed by atoms with E-state index in [-0.39, 0.29) is 28.0 Å². The van der Waals surface area contributed by atoms with Crippen LogP contribution in [0.15, 0.2) is 24.3 Å². The number of carboxylic acids is 1. The number of nitrogens with zero attached hydrogens (tertiary/aromatic N) is 1. The van der Waals surface area contributed by atoms with Gasteiger partial charge in [0, 0.05) is 35.4 Å². The summed E-state index contributed by atoms with van der Waals surface area (Å²) in [5.41, 5.74) is -4.14. The van der Waals surface area contributed by atoms with Crippen LogP contribution in [-0.4, -0.2) is 174 Å². The molecule has 7 rings (SSSR count). The Labute approximate surface area is 356 Å². The van der Waals surface area contributed by atoms with Crippen LogP contribution in [0.5, 0.6) is 23.0 Å². The number of aliphatic hydroxyl groups excluding tert-OH is 6. The molecule has 3 aromatic rings. The highest BCUT2D eigenvalue weighted by Gasteiger charge is 2.52.